The molecule has 1 fully saturated rings. The van der Waals surface area contributed by atoms with Crippen molar-refractivity contribution >= 4 is 11.8 Å². The molecule has 0 radical (unpaired) electrons. The Bertz CT molecular complexity index is 557. The van der Waals surface area contributed by atoms with Crippen LogP contribution in [-0.2, 0) is 16.0 Å². The van der Waals surface area contributed by atoms with E-state index in [0.29, 0.717) is 26.1 Å². The van der Waals surface area contributed by atoms with Crippen molar-refractivity contribution in [3.8, 4) is 5.75 Å². The highest BCUT2D eigenvalue weighted by Gasteiger charge is 2.33. The summed E-state index contributed by atoms with van der Waals surface area (Å²) in [4.78, 5) is 28.1. The molecule has 1 heterocycles. The van der Waals surface area contributed by atoms with Crippen molar-refractivity contribution in [3.05, 3.63) is 29.8 Å². The molecule has 1 atom stereocenters. The number of rotatable bonds is 8. The number of likely N-dealkylation sites (N-methyl/N-ethyl adjacent to an activating group) is 1. The molecular formula is C18H27N3O3. The number of benzene rings is 1. The molecule has 2 rings (SSSR count). The Balaban J connectivity index is 1.78. The summed E-state index contributed by atoms with van der Waals surface area (Å²) in [6.07, 6.45) is 1.10. The smallest absolute Gasteiger partial charge is 0.225 e. The predicted molar refractivity (Wildman–Crippen MR) is 92.9 cm³/mol. The fraction of sp³-hybridized carbons (Fsp3) is 0.556. The van der Waals surface area contributed by atoms with Gasteiger partial charge < -0.3 is 19.9 Å². The molecule has 1 saturated heterocycles. The average Bonchev–Trinajstić information content (AvgIpc) is 2.94. The number of hydrogen-bond acceptors (Lipinski definition) is 4. The van der Waals surface area contributed by atoms with Crippen LogP contribution in [0.3, 0.4) is 0 Å². The monoisotopic (exact) mass is 333 g/mol. The number of nitrogens with one attached hydrogen (secondary N) is 1. The largest absolute Gasteiger partial charge is 0.497 e. The minimum absolute atomic E-state index is 0.0165. The zero-order valence-corrected chi connectivity index (χ0v) is 14.7. The normalized spacial score (nSPS) is 17.4. The molecule has 0 saturated carbocycles. The van der Waals surface area contributed by atoms with E-state index in [9.17, 15) is 9.59 Å². The molecule has 2 amide bonds. The summed E-state index contributed by atoms with van der Waals surface area (Å²) in [5.41, 5.74) is 1.16. The van der Waals surface area contributed by atoms with Crippen LogP contribution in [0, 0.1) is 5.92 Å². The standard InChI is InChI=1S/C18H27N3O3/c1-20(2)11-9-19-18(23)15-12-17(22)21(13-15)10-8-14-4-6-16(24-3)7-5-14/h4-7,15H,8-13H2,1-3H3,(H,19,23). The number of likely N-dealkylation sites (tertiary alicyclic amines) is 1. The lowest BCUT2D eigenvalue weighted by Crippen LogP contribution is -2.37. The topological polar surface area (TPSA) is 61.9 Å². The van der Waals surface area contributed by atoms with E-state index in [4.69, 9.17) is 4.74 Å². The first kappa shape index (κ1) is 18.3. The highest BCUT2D eigenvalue weighted by Crippen LogP contribution is 2.19. The molecule has 24 heavy (non-hydrogen) atoms. The molecule has 1 aliphatic rings. The van der Waals surface area contributed by atoms with Crippen LogP contribution in [-0.4, -0.2) is 69.0 Å². The molecule has 132 valence electrons. The fourth-order valence-corrected chi connectivity index (χ4v) is 2.77. The molecule has 1 aromatic carbocycles. The van der Waals surface area contributed by atoms with Crippen LogP contribution >= 0.6 is 0 Å². The Labute approximate surface area is 143 Å². The maximum absolute atomic E-state index is 12.1. The third-order valence-corrected chi connectivity index (χ3v) is 4.27. The van der Waals surface area contributed by atoms with Crippen LogP contribution in [0.15, 0.2) is 24.3 Å². The molecular weight excluding hydrogens is 306 g/mol. The van der Waals surface area contributed by atoms with E-state index in [1.807, 2.05) is 43.3 Å². The molecule has 1 aromatic rings. The Morgan fingerprint density at radius 2 is 2.04 bits per heavy atom. The molecule has 1 aliphatic heterocycles. The van der Waals surface area contributed by atoms with E-state index in [2.05, 4.69) is 5.32 Å². The van der Waals surface area contributed by atoms with Crippen LogP contribution < -0.4 is 10.1 Å². The van der Waals surface area contributed by atoms with Gasteiger partial charge in [-0.05, 0) is 38.2 Å². The molecule has 0 spiro atoms. The number of carbonyl (C=O) groups is 2. The summed E-state index contributed by atoms with van der Waals surface area (Å²) in [7, 11) is 5.57. The zero-order chi connectivity index (χ0) is 17.5. The van der Waals surface area contributed by atoms with Gasteiger partial charge in [-0.25, -0.2) is 0 Å². The fourth-order valence-electron chi connectivity index (χ4n) is 2.77. The summed E-state index contributed by atoms with van der Waals surface area (Å²) in [5.74, 6) is 0.648. The Hall–Kier alpha value is -2.08. The van der Waals surface area contributed by atoms with Gasteiger partial charge in [-0.2, -0.15) is 0 Å². The first-order valence-electron chi connectivity index (χ1n) is 8.32. The lowest BCUT2D eigenvalue weighted by atomic mass is 10.1. The summed E-state index contributed by atoms with van der Waals surface area (Å²) < 4.78 is 5.14. The summed E-state index contributed by atoms with van der Waals surface area (Å²) in [6.45, 7) is 2.57. The van der Waals surface area contributed by atoms with Gasteiger partial charge in [0.05, 0.1) is 13.0 Å². The second kappa shape index (κ2) is 8.68. The second-order valence-corrected chi connectivity index (χ2v) is 6.43. The number of methoxy groups -OCH3 is 1. The molecule has 1 unspecified atom stereocenters. The molecule has 0 aliphatic carbocycles. The minimum atomic E-state index is -0.226. The predicted octanol–water partition coefficient (Wildman–Crippen LogP) is 0.764. The second-order valence-electron chi connectivity index (χ2n) is 6.43. The lowest BCUT2D eigenvalue weighted by molar-refractivity contribution is -0.129. The zero-order valence-electron chi connectivity index (χ0n) is 14.7. The maximum Gasteiger partial charge on any atom is 0.225 e. The van der Waals surface area contributed by atoms with Crippen molar-refractivity contribution in [2.24, 2.45) is 5.92 Å². The van der Waals surface area contributed by atoms with Gasteiger partial charge in [0.2, 0.25) is 11.8 Å². The third-order valence-electron chi connectivity index (χ3n) is 4.27. The van der Waals surface area contributed by atoms with Crippen LogP contribution in [0.1, 0.15) is 12.0 Å². The van der Waals surface area contributed by atoms with Gasteiger partial charge >= 0.3 is 0 Å². The van der Waals surface area contributed by atoms with Crippen LogP contribution in [0.5, 0.6) is 5.75 Å². The summed E-state index contributed by atoms with van der Waals surface area (Å²) >= 11 is 0. The quantitative estimate of drug-likeness (QED) is 0.763. The van der Waals surface area contributed by atoms with Crippen LogP contribution in [0.25, 0.3) is 0 Å². The van der Waals surface area contributed by atoms with E-state index in [1.165, 1.54) is 0 Å². The highest BCUT2D eigenvalue weighted by molar-refractivity contribution is 5.89. The van der Waals surface area contributed by atoms with E-state index in [1.54, 1.807) is 12.0 Å². The van der Waals surface area contributed by atoms with Crippen molar-refractivity contribution in [1.29, 1.82) is 0 Å². The van der Waals surface area contributed by atoms with Gasteiger partial charge in [-0.3, -0.25) is 9.59 Å². The first-order valence-corrected chi connectivity index (χ1v) is 8.32. The van der Waals surface area contributed by atoms with E-state index in [0.717, 1.165) is 24.3 Å². The van der Waals surface area contributed by atoms with Crippen molar-refractivity contribution in [3.63, 3.8) is 0 Å². The minimum Gasteiger partial charge on any atom is -0.497 e. The van der Waals surface area contributed by atoms with Crippen molar-refractivity contribution in [1.82, 2.24) is 15.1 Å². The number of hydrogen-bond donors (Lipinski definition) is 1. The summed E-state index contributed by atoms with van der Waals surface area (Å²) in [6, 6.07) is 7.85. The van der Waals surface area contributed by atoms with Crippen molar-refractivity contribution in [2.45, 2.75) is 12.8 Å². The Morgan fingerprint density at radius 1 is 1.33 bits per heavy atom. The van der Waals surface area contributed by atoms with Gasteiger partial charge in [0.15, 0.2) is 0 Å². The molecule has 0 aromatic heterocycles. The average molecular weight is 333 g/mol. The number of amides is 2. The van der Waals surface area contributed by atoms with Crippen molar-refractivity contribution < 1.29 is 14.3 Å². The van der Waals surface area contributed by atoms with Gasteiger partial charge in [0, 0.05) is 32.6 Å². The lowest BCUT2D eigenvalue weighted by Gasteiger charge is -2.17. The van der Waals surface area contributed by atoms with Gasteiger partial charge in [-0.1, -0.05) is 12.1 Å². The molecule has 0 bridgehead atoms. The van der Waals surface area contributed by atoms with Gasteiger partial charge in [-0.15, -0.1) is 0 Å². The van der Waals surface area contributed by atoms with E-state index in [-0.39, 0.29) is 17.7 Å². The SMILES string of the molecule is COc1ccc(CCN2CC(C(=O)NCCN(C)C)CC2=O)cc1. The van der Waals surface area contributed by atoms with Crippen LogP contribution in [0.2, 0.25) is 0 Å². The van der Waals surface area contributed by atoms with E-state index < -0.39 is 0 Å². The van der Waals surface area contributed by atoms with Gasteiger partial charge in [0.25, 0.3) is 0 Å². The number of carbonyl (C=O) groups excluding carboxylic acids is 2. The highest BCUT2D eigenvalue weighted by atomic mass is 16.5. The molecule has 1 N–H and O–H groups in total. The number of nitrogens with zero attached hydrogens (tertiary/aromatic N) is 2. The molecule has 6 nitrogen and oxygen atoms in total. The Morgan fingerprint density at radius 3 is 2.67 bits per heavy atom. The first-order chi connectivity index (χ1) is 11.5. The van der Waals surface area contributed by atoms with Gasteiger partial charge in [0.1, 0.15) is 5.75 Å². The molecule has 6 heteroatoms. The van der Waals surface area contributed by atoms with Crippen LogP contribution in [0.4, 0.5) is 0 Å². The van der Waals surface area contributed by atoms with Crippen molar-refractivity contribution in [2.75, 3.05) is 47.4 Å². The van der Waals surface area contributed by atoms with E-state index >= 15 is 0 Å². The Kier molecular flexibility index (Phi) is 6.61. The number of ether oxygens (including phenoxy) is 1. The third kappa shape index (κ3) is 5.23. The summed E-state index contributed by atoms with van der Waals surface area (Å²) in [5, 5.41) is 2.91. The maximum atomic E-state index is 12.1.